The van der Waals surface area contributed by atoms with E-state index in [0.717, 1.165) is 0 Å². The molecule has 2 rings (SSSR count). The normalized spacial score (nSPS) is 11.7. The number of hydrogen-bond acceptors (Lipinski definition) is 5. The van der Waals surface area contributed by atoms with Gasteiger partial charge in [0.25, 0.3) is 15.8 Å². The standard InChI is InChI=1S/C12H12N2O5S/c15-14(16)12-5-1-3-9-10(12)6-7-13-11(9)4-2-8-20(17,18)19/h1,3,5-7H,2,4,8H2,(H,17,18,19). The molecule has 1 N–H and O–H groups in total. The number of fused-ring (bicyclic) bond motifs is 1. The number of nitrogens with zero attached hydrogens (tertiary/aromatic N) is 2. The number of benzene rings is 1. The van der Waals surface area contributed by atoms with Gasteiger partial charge in [-0.25, -0.2) is 0 Å². The van der Waals surface area contributed by atoms with Gasteiger partial charge in [-0.05, 0) is 18.9 Å². The smallest absolute Gasteiger partial charge is 0.277 e. The fourth-order valence-corrected chi connectivity index (χ4v) is 2.54. The van der Waals surface area contributed by atoms with Gasteiger partial charge in [0.05, 0.1) is 16.1 Å². The monoisotopic (exact) mass is 296 g/mol. The van der Waals surface area contributed by atoms with E-state index in [1.807, 2.05) is 0 Å². The van der Waals surface area contributed by atoms with Gasteiger partial charge in [0.2, 0.25) is 0 Å². The molecule has 0 saturated heterocycles. The first-order valence-corrected chi connectivity index (χ1v) is 7.45. The molecule has 0 aliphatic heterocycles. The van der Waals surface area contributed by atoms with Gasteiger partial charge in [-0.1, -0.05) is 12.1 Å². The molecule has 0 unspecified atom stereocenters. The van der Waals surface area contributed by atoms with Crippen molar-refractivity contribution in [2.24, 2.45) is 0 Å². The number of rotatable bonds is 5. The Morgan fingerprint density at radius 2 is 2.00 bits per heavy atom. The van der Waals surface area contributed by atoms with Crippen LogP contribution < -0.4 is 0 Å². The van der Waals surface area contributed by atoms with Crippen LogP contribution in [0.3, 0.4) is 0 Å². The zero-order valence-electron chi connectivity index (χ0n) is 10.4. The Balaban J connectivity index is 2.35. The summed E-state index contributed by atoms with van der Waals surface area (Å²) in [6.07, 6.45) is 1.98. The van der Waals surface area contributed by atoms with Gasteiger partial charge < -0.3 is 0 Å². The lowest BCUT2D eigenvalue weighted by molar-refractivity contribution is -0.383. The molecule has 2 aromatic rings. The van der Waals surface area contributed by atoms with Crippen molar-refractivity contribution in [3.8, 4) is 0 Å². The summed E-state index contributed by atoms with van der Waals surface area (Å²) >= 11 is 0. The summed E-state index contributed by atoms with van der Waals surface area (Å²) in [6.45, 7) is 0. The topological polar surface area (TPSA) is 110 Å². The van der Waals surface area contributed by atoms with Gasteiger partial charge in [-0.15, -0.1) is 0 Å². The molecule has 0 radical (unpaired) electrons. The predicted molar refractivity (Wildman–Crippen MR) is 73.1 cm³/mol. The van der Waals surface area contributed by atoms with Crippen molar-refractivity contribution in [3.63, 3.8) is 0 Å². The van der Waals surface area contributed by atoms with Crippen LogP contribution >= 0.6 is 0 Å². The molecule has 106 valence electrons. The maximum atomic E-state index is 10.9. The summed E-state index contributed by atoms with van der Waals surface area (Å²) in [5, 5.41) is 12.0. The Kier molecular flexibility index (Phi) is 3.96. The number of hydrogen-bond donors (Lipinski definition) is 1. The third-order valence-corrected chi connectivity index (χ3v) is 3.68. The first-order chi connectivity index (χ1) is 9.38. The van der Waals surface area contributed by atoms with Crippen LogP contribution in [0.25, 0.3) is 10.8 Å². The van der Waals surface area contributed by atoms with Gasteiger partial charge in [0, 0.05) is 23.3 Å². The molecule has 7 nitrogen and oxygen atoms in total. The number of nitro benzene ring substituents is 1. The maximum absolute atomic E-state index is 10.9. The fraction of sp³-hybridized carbons (Fsp3) is 0.250. The second-order valence-electron chi connectivity index (χ2n) is 4.28. The molecule has 20 heavy (non-hydrogen) atoms. The molecule has 8 heteroatoms. The van der Waals surface area contributed by atoms with Crippen LogP contribution in [0, 0.1) is 10.1 Å². The lowest BCUT2D eigenvalue weighted by atomic mass is 10.1. The molecule has 1 aromatic carbocycles. The van der Waals surface area contributed by atoms with Gasteiger partial charge in [0.1, 0.15) is 0 Å². The maximum Gasteiger partial charge on any atom is 0.277 e. The third kappa shape index (κ3) is 3.28. The number of non-ortho nitro benzene ring substituents is 1. The summed E-state index contributed by atoms with van der Waals surface area (Å²) in [5.74, 6) is -0.361. The molecule has 0 fully saturated rings. The van der Waals surface area contributed by atoms with E-state index >= 15 is 0 Å². The Morgan fingerprint density at radius 1 is 1.25 bits per heavy atom. The Hall–Kier alpha value is -2.06. The van der Waals surface area contributed by atoms with E-state index in [2.05, 4.69) is 4.98 Å². The summed E-state index contributed by atoms with van der Waals surface area (Å²) in [4.78, 5) is 14.6. The lowest BCUT2D eigenvalue weighted by Crippen LogP contribution is -2.05. The molecule has 0 aliphatic carbocycles. The van der Waals surface area contributed by atoms with Crippen molar-refractivity contribution < 1.29 is 17.9 Å². The van der Waals surface area contributed by atoms with Crippen molar-refractivity contribution in [2.45, 2.75) is 12.8 Å². The molecule has 0 atom stereocenters. The van der Waals surface area contributed by atoms with Crippen molar-refractivity contribution in [1.29, 1.82) is 0 Å². The fourth-order valence-electron chi connectivity index (χ4n) is 2.03. The Labute approximate surface area is 115 Å². The van der Waals surface area contributed by atoms with Gasteiger partial charge >= 0.3 is 0 Å². The summed E-state index contributed by atoms with van der Waals surface area (Å²) in [5.41, 5.74) is 0.566. The van der Waals surface area contributed by atoms with Crippen LogP contribution in [0.2, 0.25) is 0 Å². The molecular formula is C12H12N2O5S. The molecular weight excluding hydrogens is 284 g/mol. The highest BCUT2D eigenvalue weighted by molar-refractivity contribution is 7.85. The first-order valence-electron chi connectivity index (χ1n) is 5.84. The van der Waals surface area contributed by atoms with Crippen LogP contribution in [0.1, 0.15) is 12.1 Å². The minimum atomic E-state index is -4.01. The van der Waals surface area contributed by atoms with Crippen LogP contribution in [-0.4, -0.2) is 28.6 Å². The lowest BCUT2D eigenvalue weighted by Gasteiger charge is -2.05. The van der Waals surface area contributed by atoms with E-state index < -0.39 is 15.0 Å². The van der Waals surface area contributed by atoms with E-state index in [-0.39, 0.29) is 17.9 Å². The average Bonchev–Trinajstić information content (AvgIpc) is 2.36. The number of aromatic nitrogens is 1. The van der Waals surface area contributed by atoms with Crippen LogP contribution in [0.4, 0.5) is 5.69 Å². The second-order valence-corrected chi connectivity index (χ2v) is 5.85. The van der Waals surface area contributed by atoms with Crippen molar-refractivity contribution in [2.75, 3.05) is 5.75 Å². The highest BCUT2D eigenvalue weighted by Crippen LogP contribution is 2.27. The third-order valence-electron chi connectivity index (χ3n) is 2.88. The SMILES string of the molecule is O=[N+]([O-])c1cccc2c(CCCS(=O)(=O)O)nccc12. The highest BCUT2D eigenvalue weighted by Gasteiger charge is 2.14. The molecule has 0 saturated carbocycles. The second kappa shape index (κ2) is 5.51. The average molecular weight is 296 g/mol. The molecule has 0 amide bonds. The van der Waals surface area contributed by atoms with Crippen molar-refractivity contribution in [3.05, 3.63) is 46.3 Å². The first kappa shape index (κ1) is 14.4. The van der Waals surface area contributed by atoms with E-state index in [0.29, 0.717) is 22.9 Å². The van der Waals surface area contributed by atoms with E-state index in [1.165, 1.54) is 12.3 Å². The predicted octanol–water partition coefficient (Wildman–Crippen LogP) is 1.96. The number of nitro groups is 1. The van der Waals surface area contributed by atoms with Crippen LogP contribution in [0.15, 0.2) is 30.5 Å². The van der Waals surface area contributed by atoms with Crippen molar-refractivity contribution in [1.82, 2.24) is 4.98 Å². The Bertz CT molecular complexity index is 758. The van der Waals surface area contributed by atoms with E-state index in [4.69, 9.17) is 4.55 Å². The summed E-state index contributed by atoms with van der Waals surface area (Å²) in [6, 6.07) is 6.23. The van der Waals surface area contributed by atoms with E-state index in [1.54, 1.807) is 18.2 Å². The zero-order chi connectivity index (χ0) is 14.8. The summed E-state index contributed by atoms with van der Waals surface area (Å²) in [7, 11) is -4.01. The summed E-state index contributed by atoms with van der Waals surface area (Å²) < 4.78 is 30.0. The molecule has 0 aliphatic rings. The van der Waals surface area contributed by atoms with Crippen LogP contribution in [-0.2, 0) is 16.5 Å². The molecule has 1 heterocycles. The largest absolute Gasteiger partial charge is 0.286 e. The minimum absolute atomic E-state index is 0.0130. The minimum Gasteiger partial charge on any atom is -0.286 e. The van der Waals surface area contributed by atoms with Gasteiger partial charge in [0.15, 0.2) is 0 Å². The molecule has 0 spiro atoms. The van der Waals surface area contributed by atoms with Crippen molar-refractivity contribution >= 4 is 26.6 Å². The molecule has 1 aromatic heterocycles. The van der Waals surface area contributed by atoms with Gasteiger partial charge in [-0.3, -0.25) is 19.7 Å². The highest BCUT2D eigenvalue weighted by atomic mass is 32.2. The van der Waals surface area contributed by atoms with Crippen LogP contribution in [0.5, 0.6) is 0 Å². The number of pyridine rings is 1. The number of aryl methyl sites for hydroxylation is 1. The molecule has 0 bridgehead atoms. The van der Waals surface area contributed by atoms with E-state index in [9.17, 15) is 18.5 Å². The zero-order valence-corrected chi connectivity index (χ0v) is 11.2. The Morgan fingerprint density at radius 3 is 2.65 bits per heavy atom. The van der Waals surface area contributed by atoms with Gasteiger partial charge in [-0.2, -0.15) is 8.42 Å². The quantitative estimate of drug-likeness (QED) is 0.513.